The van der Waals surface area contributed by atoms with Crippen LogP contribution in [0.2, 0.25) is 0 Å². The molecule has 4 rings (SSSR count). The van der Waals surface area contributed by atoms with Gasteiger partial charge in [-0.3, -0.25) is 14.4 Å². The van der Waals surface area contributed by atoms with E-state index in [1.165, 1.54) is 7.11 Å². The lowest BCUT2D eigenvalue weighted by Crippen LogP contribution is -2.12. The molecule has 4 aromatic rings. The van der Waals surface area contributed by atoms with Crippen LogP contribution in [0.4, 0.5) is 5.69 Å². The smallest absolute Gasteiger partial charge is 0.315 e. The molecule has 0 aromatic heterocycles. The average Bonchev–Trinajstić information content (AvgIpc) is 3.23. The maximum Gasteiger partial charge on any atom is 0.315 e. The van der Waals surface area contributed by atoms with E-state index < -0.39 is 0 Å². The summed E-state index contributed by atoms with van der Waals surface area (Å²) in [5.74, 6) is 2.92. The third kappa shape index (κ3) is 25.6. The van der Waals surface area contributed by atoms with Gasteiger partial charge in [-0.15, -0.1) is 0 Å². The Morgan fingerprint density at radius 2 is 1.07 bits per heavy atom. The highest BCUT2D eigenvalue weighted by atomic mass is 16.6. The van der Waals surface area contributed by atoms with Crippen molar-refractivity contribution < 1.29 is 33.7 Å². The average molecular weight is 836 g/mol. The molecule has 0 fully saturated rings. The van der Waals surface area contributed by atoms with E-state index in [1.807, 2.05) is 78.9 Å². The summed E-state index contributed by atoms with van der Waals surface area (Å²) >= 11 is 0. The van der Waals surface area contributed by atoms with Crippen LogP contribution in [0.1, 0.15) is 116 Å². The number of phenolic OH excluding ortho intramolecular Hbond substituents is 1. The van der Waals surface area contributed by atoms with Gasteiger partial charge in [0.1, 0.15) is 11.6 Å². The third-order valence-corrected chi connectivity index (χ3v) is 9.27. The first-order valence-electron chi connectivity index (χ1n) is 21.3. The molecular formula is C53H73NO7. The number of benzene rings is 4. The second kappa shape index (κ2) is 32.2. The molecule has 8 heteroatoms. The summed E-state index contributed by atoms with van der Waals surface area (Å²) in [5.41, 5.74) is 9.09. The Morgan fingerprint density at radius 3 is 1.52 bits per heavy atom. The SMILES string of the molecule is C.COc1cc(CCC(=O)CCCC/C=C/C(C)C)ccc1O.COc1cc(CCC(=O)CCCC/C=C/C(C)C)ccc1OC(=O)Cc1ccccc1.Nc1ccccc1. The van der Waals surface area contributed by atoms with Crippen molar-refractivity contribution >= 4 is 23.2 Å². The van der Waals surface area contributed by atoms with E-state index in [1.54, 1.807) is 25.3 Å². The second-order valence-corrected chi connectivity index (χ2v) is 15.5. The molecule has 0 aliphatic rings. The molecule has 0 aliphatic heterocycles. The van der Waals surface area contributed by atoms with Crippen molar-refractivity contribution in [3.63, 3.8) is 0 Å². The monoisotopic (exact) mass is 836 g/mol. The van der Waals surface area contributed by atoms with Crippen molar-refractivity contribution in [3.8, 4) is 23.0 Å². The summed E-state index contributed by atoms with van der Waals surface area (Å²) in [4.78, 5) is 36.3. The number of carbonyl (C=O) groups is 3. The zero-order valence-corrected chi connectivity index (χ0v) is 36.9. The normalized spacial score (nSPS) is 10.7. The van der Waals surface area contributed by atoms with Crippen molar-refractivity contribution in [3.05, 3.63) is 138 Å². The summed E-state index contributed by atoms with van der Waals surface area (Å²) in [5, 5.41) is 9.54. The van der Waals surface area contributed by atoms with Crippen LogP contribution < -0.4 is 19.9 Å². The number of ether oxygens (including phenoxy) is 3. The van der Waals surface area contributed by atoms with Crippen LogP contribution >= 0.6 is 0 Å². The van der Waals surface area contributed by atoms with E-state index in [0.29, 0.717) is 73.4 Å². The van der Waals surface area contributed by atoms with E-state index in [4.69, 9.17) is 19.9 Å². The van der Waals surface area contributed by atoms with Gasteiger partial charge in [-0.2, -0.15) is 0 Å². The zero-order valence-electron chi connectivity index (χ0n) is 36.9. The Kier molecular flexibility index (Phi) is 28.2. The van der Waals surface area contributed by atoms with Gasteiger partial charge in [0.2, 0.25) is 0 Å². The number of anilines is 1. The number of allylic oxidation sites excluding steroid dienone is 4. The third-order valence-electron chi connectivity index (χ3n) is 9.27. The highest BCUT2D eigenvalue weighted by molar-refractivity contribution is 5.79. The van der Waals surface area contributed by atoms with Crippen LogP contribution in [-0.2, 0) is 33.6 Å². The molecule has 0 saturated heterocycles. The van der Waals surface area contributed by atoms with Gasteiger partial charge in [-0.1, -0.05) is 120 Å². The van der Waals surface area contributed by atoms with Gasteiger partial charge in [-0.25, -0.2) is 0 Å². The Bertz CT molecular complexity index is 1870. The van der Waals surface area contributed by atoms with Gasteiger partial charge in [-0.05, 0) is 116 Å². The lowest BCUT2D eigenvalue weighted by atomic mass is 10.0. The first kappa shape index (κ1) is 53.4. The van der Waals surface area contributed by atoms with Crippen molar-refractivity contribution in [2.75, 3.05) is 20.0 Å². The first-order chi connectivity index (χ1) is 28.9. The number of unbranched alkanes of at least 4 members (excludes halogenated alkanes) is 4. The molecule has 0 heterocycles. The number of carbonyl (C=O) groups excluding carboxylic acids is 3. The van der Waals surface area contributed by atoms with Crippen LogP contribution in [0.3, 0.4) is 0 Å². The number of aryl methyl sites for hydroxylation is 2. The minimum atomic E-state index is -0.337. The Labute approximate surface area is 367 Å². The van der Waals surface area contributed by atoms with Gasteiger partial charge in [0, 0.05) is 31.4 Å². The van der Waals surface area contributed by atoms with Gasteiger partial charge in [0.25, 0.3) is 0 Å². The number of Topliss-reactive ketones (excluding diaryl/α,β-unsaturated/α-hetero) is 2. The van der Waals surface area contributed by atoms with Crippen molar-refractivity contribution in [1.82, 2.24) is 0 Å². The molecule has 0 bridgehead atoms. The molecule has 61 heavy (non-hydrogen) atoms. The predicted molar refractivity (Wildman–Crippen MR) is 253 cm³/mol. The largest absolute Gasteiger partial charge is 0.504 e. The molecule has 0 saturated carbocycles. The second-order valence-electron chi connectivity index (χ2n) is 15.5. The fourth-order valence-corrected chi connectivity index (χ4v) is 5.93. The summed E-state index contributed by atoms with van der Waals surface area (Å²) in [6.07, 6.45) is 18.8. The quantitative estimate of drug-likeness (QED) is 0.0249. The lowest BCUT2D eigenvalue weighted by Gasteiger charge is -2.11. The van der Waals surface area contributed by atoms with Crippen LogP contribution in [0, 0.1) is 11.8 Å². The van der Waals surface area contributed by atoms with Gasteiger partial charge in [0.15, 0.2) is 23.0 Å². The van der Waals surface area contributed by atoms with Crippen molar-refractivity contribution in [1.29, 1.82) is 0 Å². The maximum absolute atomic E-state index is 12.2. The highest BCUT2D eigenvalue weighted by Crippen LogP contribution is 2.29. The standard InChI is InChI=1S/C27H34O4.C19H28O3.C6H7N.CH4/c1-21(2)11-7-4-5-10-14-24(28)17-15-23-16-18-25(26(19-23)30-3)31-27(29)20-22-12-8-6-9-13-22;1-15(2)8-6-4-5-7-9-17(20)12-10-16-11-13-18(21)19(14-16)22-3;7-6-4-2-1-3-5-6;/h6-9,11-13,16,18-19,21H,4-5,10,14-15,17,20H2,1-3H3;6,8,11,13-15,21H,4-5,7,9-10,12H2,1-3H3;1-5H,7H2;1H4/b11-7+;8-6+;;. The van der Waals surface area contributed by atoms with Crippen LogP contribution in [0.25, 0.3) is 0 Å². The number of para-hydroxylation sites is 1. The number of ketones is 2. The van der Waals surface area contributed by atoms with Gasteiger partial charge in [0.05, 0.1) is 20.6 Å². The van der Waals surface area contributed by atoms with E-state index in [-0.39, 0.29) is 31.3 Å². The molecule has 8 nitrogen and oxygen atoms in total. The number of aromatic hydroxyl groups is 1. The molecule has 0 radical (unpaired) electrons. The fourth-order valence-electron chi connectivity index (χ4n) is 5.93. The lowest BCUT2D eigenvalue weighted by molar-refractivity contribution is -0.133. The molecule has 3 N–H and O–H groups in total. The number of methoxy groups -OCH3 is 2. The predicted octanol–water partition coefficient (Wildman–Crippen LogP) is 12.7. The molecular weight excluding hydrogens is 763 g/mol. The number of nitrogen functional groups attached to an aromatic ring is 1. The maximum atomic E-state index is 12.2. The highest BCUT2D eigenvalue weighted by Gasteiger charge is 2.13. The zero-order chi connectivity index (χ0) is 44.0. The van der Waals surface area contributed by atoms with Crippen molar-refractivity contribution in [2.24, 2.45) is 11.8 Å². The molecule has 0 aliphatic carbocycles. The molecule has 0 amide bonds. The first-order valence-corrected chi connectivity index (χ1v) is 21.3. The minimum Gasteiger partial charge on any atom is -0.504 e. The minimum absolute atomic E-state index is 0. The van der Waals surface area contributed by atoms with E-state index in [2.05, 4.69) is 52.0 Å². The van der Waals surface area contributed by atoms with Gasteiger partial charge < -0.3 is 25.1 Å². The molecule has 0 atom stereocenters. The van der Waals surface area contributed by atoms with Crippen molar-refractivity contribution in [2.45, 2.75) is 119 Å². The summed E-state index contributed by atoms with van der Waals surface area (Å²) in [7, 11) is 3.07. The Balaban J connectivity index is 0.000000537. The number of hydrogen-bond donors (Lipinski definition) is 2. The molecule has 332 valence electrons. The number of rotatable bonds is 23. The topological polar surface area (TPSA) is 125 Å². The Morgan fingerprint density at radius 1 is 0.590 bits per heavy atom. The van der Waals surface area contributed by atoms with Crippen LogP contribution in [0.15, 0.2) is 121 Å². The van der Waals surface area contributed by atoms with E-state index >= 15 is 0 Å². The summed E-state index contributed by atoms with van der Waals surface area (Å²) in [6, 6.07) is 29.7. The Hall–Kier alpha value is -5.63. The van der Waals surface area contributed by atoms with Crippen LogP contribution in [0.5, 0.6) is 23.0 Å². The summed E-state index contributed by atoms with van der Waals surface area (Å²) < 4.78 is 15.9. The number of phenols is 1. The molecule has 4 aromatic carbocycles. The van der Waals surface area contributed by atoms with Gasteiger partial charge >= 0.3 is 5.97 Å². The number of hydrogen-bond acceptors (Lipinski definition) is 8. The van der Waals surface area contributed by atoms with Crippen LogP contribution in [-0.4, -0.2) is 36.9 Å². The summed E-state index contributed by atoms with van der Waals surface area (Å²) in [6.45, 7) is 8.66. The number of nitrogens with two attached hydrogens (primary N) is 1. The number of esters is 1. The molecule has 0 unspecified atom stereocenters. The molecule has 0 spiro atoms. The fraction of sp³-hybridized carbons (Fsp3) is 0.415. The van der Waals surface area contributed by atoms with E-state index in [0.717, 1.165) is 60.9 Å². The van der Waals surface area contributed by atoms with E-state index in [9.17, 15) is 19.5 Å².